The van der Waals surface area contributed by atoms with Gasteiger partial charge < -0.3 is 9.47 Å². The maximum absolute atomic E-state index is 14.7. The summed E-state index contributed by atoms with van der Waals surface area (Å²) < 4.78 is 11.4. The van der Waals surface area contributed by atoms with E-state index in [1.807, 2.05) is 60.7 Å². The molecule has 0 spiro atoms. The zero-order chi connectivity index (χ0) is 52.7. The normalized spacial score (nSPS) is 12.1. The average molecular weight is 1010 g/mol. The third-order valence-electron chi connectivity index (χ3n) is 16.1. The molecule has 11 aromatic rings. The topological polar surface area (TPSA) is 52.6 Å². The van der Waals surface area contributed by atoms with Crippen molar-refractivity contribution >= 4 is 11.9 Å². The summed E-state index contributed by atoms with van der Waals surface area (Å²) in [6.07, 6.45) is 2.27. The van der Waals surface area contributed by atoms with Crippen LogP contribution in [-0.2, 0) is 35.2 Å². The van der Waals surface area contributed by atoms with Gasteiger partial charge in [-0.25, -0.2) is 9.59 Å². The van der Waals surface area contributed by atoms with Crippen LogP contribution in [0.3, 0.4) is 0 Å². The van der Waals surface area contributed by atoms with Crippen molar-refractivity contribution < 1.29 is 19.1 Å². The van der Waals surface area contributed by atoms with Crippen LogP contribution in [0, 0.1) is 0 Å². The van der Waals surface area contributed by atoms with E-state index in [0.717, 1.165) is 44.5 Å². The van der Waals surface area contributed by atoms with Crippen molar-refractivity contribution in [2.24, 2.45) is 0 Å². The van der Waals surface area contributed by atoms with Crippen LogP contribution in [0.1, 0.15) is 65.2 Å². The lowest BCUT2D eigenvalue weighted by Crippen LogP contribution is -2.24. The zero-order valence-corrected chi connectivity index (χ0v) is 43.6. The van der Waals surface area contributed by atoms with Gasteiger partial charge in [0.25, 0.3) is 0 Å². The molecule has 78 heavy (non-hydrogen) atoms. The van der Waals surface area contributed by atoms with Crippen molar-refractivity contribution in [3.63, 3.8) is 0 Å². The molecule has 0 amide bonds. The van der Waals surface area contributed by atoms with Gasteiger partial charge in [-0.1, -0.05) is 243 Å². The first-order chi connectivity index (χ1) is 38.5. The van der Waals surface area contributed by atoms with Crippen LogP contribution in [-0.4, -0.2) is 26.2 Å². The van der Waals surface area contributed by atoms with E-state index >= 15 is 0 Å². The first-order valence-corrected chi connectivity index (χ1v) is 26.7. The van der Waals surface area contributed by atoms with E-state index in [1.165, 1.54) is 92.1 Å². The molecule has 13 rings (SSSR count). The van der Waals surface area contributed by atoms with Crippen molar-refractivity contribution in [2.45, 2.75) is 25.7 Å². The van der Waals surface area contributed by atoms with Crippen molar-refractivity contribution in [2.75, 3.05) is 14.2 Å². The summed E-state index contributed by atoms with van der Waals surface area (Å²) in [4.78, 5) is 29.4. The van der Waals surface area contributed by atoms with Crippen molar-refractivity contribution in [1.82, 2.24) is 0 Å². The Bertz CT molecular complexity index is 3800. The second-order valence-electron chi connectivity index (χ2n) is 20.2. The number of fused-ring (bicyclic) bond motifs is 4. The van der Waals surface area contributed by atoms with Gasteiger partial charge >= 0.3 is 11.9 Å². The van der Waals surface area contributed by atoms with E-state index in [-0.39, 0.29) is 11.1 Å². The van der Waals surface area contributed by atoms with Crippen LogP contribution in [0.2, 0.25) is 0 Å². The summed E-state index contributed by atoms with van der Waals surface area (Å²) in [6, 6.07) is 85.8. The molecule has 374 valence electrons. The SMILES string of the molecule is COC(=O)c1c(C(=O)OC)c(-c2ccccc2)c2c(c1-c1ccccc1)Cc1c(c(-c3ccccc3)c3c(c1-c1ccccc1)Cc1c(c(-c4ccccc4)c(-c4ccccc4)c(-c4ccccc4)c1-c1ccccc1)C3)C2. The van der Waals surface area contributed by atoms with E-state index in [4.69, 9.17) is 9.47 Å². The highest BCUT2D eigenvalue weighted by atomic mass is 16.5. The molecule has 0 aromatic heterocycles. The molecule has 0 radical (unpaired) electrons. The van der Waals surface area contributed by atoms with Crippen molar-refractivity contribution in [3.8, 4) is 89.0 Å². The Morgan fingerprint density at radius 2 is 0.397 bits per heavy atom. The van der Waals surface area contributed by atoms with Crippen LogP contribution < -0.4 is 0 Å². The number of methoxy groups -OCH3 is 2. The lowest BCUT2D eigenvalue weighted by atomic mass is 9.66. The second kappa shape index (κ2) is 20.5. The van der Waals surface area contributed by atoms with Gasteiger partial charge in [-0.05, 0) is 148 Å². The monoisotopic (exact) mass is 1010 g/mol. The standard InChI is InChI=1S/C74H54O4/c1-77-73(75)71-67(51-35-19-7-20-36-51)61-45-57-58(46-62(61)68(72(71)74(76)78-2)52-37-21-8-22-38-52)64(48-29-13-4-14-30-48)56-44-60-59(43-55(56)63(57)47-27-11-3-12-28-47)65(49-31-15-5-16-32-49)69(53-39-23-9-24-40-53)70(54-41-25-10-26-42-54)66(60)50-33-17-6-18-34-50/h3-42H,43-46H2,1-2H3. The minimum Gasteiger partial charge on any atom is -0.465 e. The van der Waals surface area contributed by atoms with Gasteiger partial charge in [0.1, 0.15) is 0 Å². The largest absolute Gasteiger partial charge is 0.465 e. The van der Waals surface area contributed by atoms with Crippen LogP contribution in [0.5, 0.6) is 0 Å². The minimum absolute atomic E-state index is 0.205. The highest BCUT2D eigenvalue weighted by molar-refractivity contribution is 6.14. The van der Waals surface area contributed by atoms with Gasteiger partial charge in [0.2, 0.25) is 0 Å². The third kappa shape index (κ3) is 8.16. The predicted molar refractivity (Wildman–Crippen MR) is 317 cm³/mol. The Hall–Kier alpha value is -9.64. The fourth-order valence-corrected chi connectivity index (χ4v) is 12.9. The quantitative estimate of drug-likeness (QED) is 0.128. The van der Waals surface area contributed by atoms with Crippen molar-refractivity contribution in [1.29, 1.82) is 0 Å². The molecule has 4 nitrogen and oxygen atoms in total. The van der Waals surface area contributed by atoms with Crippen LogP contribution in [0.25, 0.3) is 89.0 Å². The number of carbonyl (C=O) groups excluding carboxylic acids is 2. The number of esters is 2. The molecule has 0 fully saturated rings. The molecule has 0 unspecified atom stereocenters. The lowest BCUT2D eigenvalue weighted by molar-refractivity contribution is 0.0556. The van der Waals surface area contributed by atoms with Gasteiger partial charge in [-0.2, -0.15) is 0 Å². The van der Waals surface area contributed by atoms with E-state index in [0.29, 0.717) is 36.8 Å². The van der Waals surface area contributed by atoms with Gasteiger partial charge in [0, 0.05) is 11.1 Å². The fourth-order valence-electron chi connectivity index (χ4n) is 12.9. The molecule has 0 aliphatic heterocycles. The van der Waals surface area contributed by atoms with E-state index in [2.05, 4.69) is 182 Å². The molecule has 2 aliphatic carbocycles. The van der Waals surface area contributed by atoms with Gasteiger partial charge in [0.05, 0.1) is 25.3 Å². The highest BCUT2D eigenvalue weighted by Crippen LogP contribution is 2.57. The summed E-state index contributed by atoms with van der Waals surface area (Å²) in [5.74, 6) is -1.19. The van der Waals surface area contributed by atoms with Gasteiger partial charge in [0.15, 0.2) is 0 Å². The number of carbonyl (C=O) groups is 2. The number of ether oxygens (including phenoxy) is 2. The fraction of sp³-hybridized carbons (Fsp3) is 0.0811. The van der Waals surface area contributed by atoms with Crippen LogP contribution in [0.15, 0.2) is 243 Å². The van der Waals surface area contributed by atoms with E-state index in [9.17, 15) is 9.59 Å². The summed E-state index contributed by atoms with van der Waals surface area (Å²) >= 11 is 0. The molecule has 0 heterocycles. The van der Waals surface area contributed by atoms with Gasteiger partial charge in [-0.3, -0.25) is 0 Å². The third-order valence-corrected chi connectivity index (χ3v) is 16.1. The highest BCUT2D eigenvalue weighted by Gasteiger charge is 2.40. The first-order valence-electron chi connectivity index (χ1n) is 26.7. The summed E-state index contributed by atoms with van der Waals surface area (Å²) in [5.41, 5.74) is 27.3. The molecule has 4 heteroatoms. The average Bonchev–Trinajstić information content (AvgIpc) is 3.60. The zero-order valence-electron chi connectivity index (χ0n) is 43.6. The summed E-state index contributed by atoms with van der Waals surface area (Å²) in [6.45, 7) is 0. The molecular formula is C74H54O4. The number of benzene rings is 11. The Labute approximate surface area is 455 Å². The maximum atomic E-state index is 14.7. The van der Waals surface area contributed by atoms with E-state index < -0.39 is 11.9 Å². The molecule has 2 aliphatic rings. The Kier molecular flexibility index (Phi) is 12.6. The maximum Gasteiger partial charge on any atom is 0.339 e. The number of rotatable bonds is 10. The van der Waals surface area contributed by atoms with Gasteiger partial charge in [-0.15, -0.1) is 0 Å². The van der Waals surface area contributed by atoms with Crippen LogP contribution >= 0.6 is 0 Å². The molecular weight excluding hydrogens is 953 g/mol. The molecule has 0 bridgehead atoms. The number of hydrogen-bond donors (Lipinski definition) is 0. The second-order valence-corrected chi connectivity index (χ2v) is 20.2. The minimum atomic E-state index is -0.595. The number of hydrogen-bond acceptors (Lipinski definition) is 4. The molecule has 0 saturated carbocycles. The summed E-state index contributed by atoms with van der Waals surface area (Å²) in [5, 5.41) is 0. The van der Waals surface area contributed by atoms with Crippen molar-refractivity contribution in [3.05, 3.63) is 298 Å². The Balaban J connectivity index is 1.21. The predicted octanol–water partition coefficient (Wildman–Crippen LogP) is 17.6. The smallest absolute Gasteiger partial charge is 0.339 e. The first kappa shape index (κ1) is 48.0. The molecule has 11 aromatic carbocycles. The lowest BCUT2D eigenvalue weighted by Gasteiger charge is -2.37. The van der Waals surface area contributed by atoms with E-state index in [1.54, 1.807) is 0 Å². The Morgan fingerprint density at radius 1 is 0.231 bits per heavy atom. The molecule has 0 atom stereocenters. The van der Waals surface area contributed by atoms with Crippen LogP contribution in [0.4, 0.5) is 0 Å². The molecule has 0 N–H and O–H groups in total. The molecule has 0 saturated heterocycles. The summed E-state index contributed by atoms with van der Waals surface area (Å²) in [7, 11) is 2.77. The Morgan fingerprint density at radius 3 is 0.615 bits per heavy atom.